The normalized spacial score (nSPS) is 4.50. The number of hydrogen-bond acceptors (Lipinski definition) is 0. The van der Waals surface area contributed by atoms with E-state index >= 15 is 0 Å². The molecule has 0 bridgehead atoms. The molecule has 0 nitrogen and oxygen atoms in total. The van der Waals surface area contributed by atoms with Crippen LogP contribution in [0.25, 0.3) is 0 Å². The summed E-state index contributed by atoms with van der Waals surface area (Å²) in [6, 6.07) is 0. The van der Waals surface area contributed by atoms with Crippen molar-refractivity contribution in [1.82, 2.24) is 0 Å². The fourth-order valence-corrected chi connectivity index (χ4v) is 0. The Bertz CT molecular complexity index is 76.3. The molecule has 0 saturated carbocycles. The van der Waals surface area contributed by atoms with Gasteiger partial charge in [0.2, 0.25) is 0 Å². The Balaban J connectivity index is -0.0000000389. The van der Waals surface area contributed by atoms with Crippen molar-refractivity contribution in [1.29, 1.82) is 0 Å². The van der Waals surface area contributed by atoms with Crippen molar-refractivity contribution in [2.24, 2.45) is 0 Å². The van der Waals surface area contributed by atoms with Crippen molar-refractivity contribution in [3.05, 3.63) is 0 Å². The maximum absolute atomic E-state index is 2.68. The molecule has 0 aromatic rings. The van der Waals surface area contributed by atoms with E-state index in [0.29, 0.717) is 0 Å². The van der Waals surface area contributed by atoms with E-state index in [1.807, 2.05) is 41.8 Å². The van der Waals surface area contributed by atoms with Gasteiger partial charge in [-0.1, -0.05) is 33.9 Å². The average molecular weight is 184 g/mol. The molecule has 0 aliphatic carbocycles. The Kier molecular flexibility index (Phi) is 82.3. The van der Waals surface area contributed by atoms with Crippen LogP contribution in [0.4, 0.5) is 0 Å². The predicted octanol–water partition coefficient (Wildman–Crippen LogP) is 2.91. The maximum atomic E-state index is 2.68. The van der Waals surface area contributed by atoms with Crippen molar-refractivity contribution in [2.45, 2.75) is 47.8 Å². The highest BCUT2D eigenvalue weighted by atomic mass is 31.0. The van der Waals surface area contributed by atoms with Crippen LogP contribution in [0.5, 0.6) is 0 Å². The maximum Gasteiger partial charge on any atom is 0.0606 e. The third-order valence-electron chi connectivity index (χ3n) is 0.583. The fourth-order valence-electron chi connectivity index (χ4n) is 0. The van der Waals surface area contributed by atoms with E-state index in [-0.39, 0.29) is 9.90 Å². The lowest BCUT2D eigenvalue weighted by Crippen LogP contribution is -1.86. The first-order chi connectivity index (χ1) is 5.24. The van der Waals surface area contributed by atoms with Gasteiger partial charge in [-0.15, -0.1) is 11.8 Å². The van der Waals surface area contributed by atoms with Crippen molar-refractivity contribution >= 4 is 24.2 Å². The Morgan fingerprint density at radius 2 is 1.08 bits per heavy atom. The fraction of sp³-hybridized carbons (Fsp3) is 0.778. The molecule has 0 fully saturated rings. The summed E-state index contributed by atoms with van der Waals surface area (Å²) in [5.74, 6) is 5.36. The Morgan fingerprint density at radius 1 is 0.917 bits per heavy atom. The summed E-state index contributed by atoms with van der Waals surface area (Å²) in [5.41, 5.74) is 0. The largest absolute Gasteiger partial charge is 0.153 e. The van der Waals surface area contributed by atoms with Gasteiger partial charge in [-0.2, -0.15) is 9.90 Å². The Morgan fingerprint density at radius 3 is 1.08 bits per heavy atom. The van der Waals surface area contributed by atoms with E-state index in [0.717, 1.165) is 0 Å². The van der Waals surface area contributed by atoms with Crippen LogP contribution >= 0.6 is 9.90 Å². The second-order valence-electron chi connectivity index (χ2n) is 1.87. The molecule has 0 amide bonds. The number of hydrogen-bond donors (Lipinski definition) is 0. The van der Waals surface area contributed by atoms with Crippen molar-refractivity contribution in [3.8, 4) is 11.8 Å². The molecule has 0 aromatic carbocycles. The van der Waals surface area contributed by atoms with Crippen molar-refractivity contribution < 1.29 is 0 Å². The summed E-state index contributed by atoms with van der Waals surface area (Å²) in [5, 5.41) is 0. The van der Waals surface area contributed by atoms with Crippen molar-refractivity contribution in [3.63, 3.8) is 0 Å². The molecule has 1 unspecified atom stereocenters. The molecule has 3 heteroatoms. The molecule has 0 aliphatic heterocycles. The van der Waals surface area contributed by atoms with E-state index < -0.39 is 0 Å². The van der Waals surface area contributed by atoms with Gasteiger partial charge in [-0.3, -0.25) is 0 Å². The van der Waals surface area contributed by atoms with Crippen LogP contribution in [0.3, 0.4) is 0 Å². The molecule has 70 valence electrons. The SMILES string of the molecule is CC#CC.CCC.C[B][B]C.P. The zero-order valence-corrected chi connectivity index (χ0v) is 11.0. The zero-order chi connectivity index (χ0) is 9.54. The molecular formula is C9H23B2P. The Labute approximate surface area is 84.4 Å². The lowest BCUT2D eigenvalue weighted by Gasteiger charge is -1.60. The third kappa shape index (κ3) is 187. The van der Waals surface area contributed by atoms with Gasteiger partial charge < -0.3 is 0 Å². The summed E-state index contributed by atoms with van der Waals surface area (Å²) in [6.45, 7) is 11.9. The summed E-state index contributed by atoms with van der Waals surface area (Å²) in [7, 11) is 4.00. The van der Waals surface area contributed by atoms with Crippen LogP contribution in [0.2, 0.25) is 13.6 Å². The van der Waals surface area contributed by atoms with E-state index in [9.17, 15) is 0 Å². The predicted molar refractivity (Wildman–Crippen MR) is 69.4 cm³/mol. The molecule has 12 heavy (non-hydrogen) atoms. The van der Waals surface area contributed by atoms with E-state index in [4.69, 9.17) is 0 Å². The first kappa shape index (κ1) is 22.7. The van der Waals surface area contributed by atoms with Gasteiger partial charge >= 0.3 is 0 Å². The highest BCUT2D eigenvalue weighted by Crippen LogP contribution is 1.56. The van der Waals surface area contributed by atoms with Gasteiger partial charge in [0.1, 0.15) is 0 Å². The summed E-state index contributed by atoms with van der Waals surface area (Å²) >= 11 is 0. The minimum Gasteiger partial charge on any atom is -0.153 e. The van der Waals surface area contributed by atoms with Gasteiger partial charge in [0.25, 0.3) is 0 Å². The minimum atomic E-state index is 0. The lowest BCUT2D eigenvalue weighted by molar-refractivity contribution is 1.09. The first-order valence-electron chi connectivity index (χ1n) is 4.15. The molecule has 2 radical (unpaired) electrons. The summed E-state index contributed by atoms with van der Waals surface area (Å²) < 4.78 is 0. The molecule has 0 saturated heterocycles. The Hall–Kier alpha value is 0.120. The van der Waals surface area contributed by atoms with Crippen LogP contribution in [-0.4, -0.2) is 14.3 Å². The monoisotopic (exact) mass is 184 g/mol. The minimum absolute atomic E-state index is 0. The van der Waals surface area contributed by atoms with Gasteiger partial charge in [0.15, 0.2) is 0 Å². The topological polar surface area (TPSA) is 0 Å². The van der Waals surface area contributed by atoms with Crippen LogP contribution in [0.1, 0.15) is 34.1 Å². The van der Waals surface area contributed by atoms with Gasteiger partial charge in [0, 0.05) is 0 Å². The van der Waals surface area contributed by atoms with Crippen LogP contribution in [-0.2, 0) is 0 Å². The van der Waals surface area contributed by atoms with Crippen LogP contribution in [0, 0.1) is 11.8 Å². The molecule has 0 heterocycles. The first-order valence-corrected chi connectivity index (χ1v) is 4.15. The zero-order valence-electron chi connectivity index (χ0n) is 9.57. The smallest absolute Gasteiger partial charge is 0.0606 e. The molecule has 1 atom stereocenters. The summed E-state index contributed by atoms with van der Waals surface area (Å²) in [4.78, 5) is 0. The van der Waals surface area contributed by atoms with Gasteiger partial charge in [-0.25, -0.2) is 0 Å². The summed E-state index contributed by atoms with van der Waals surface area (Å²) in [6.07, 6.45) is 1.25. The highest BCUT2D eigenvalue weighted by Gasteiger charge is 1.64. The standard InChI is InChI=1S/C4H6.C3H8.C2H6B2.H3P/c1-3-4-2;1-3-2;1-3-4-2;/h1-2H3;3H2,1-2H3;1-2H3;1H3. The second kappa shape index (κ2) is 43.4. The van der Waals surface area contributed by atoms with E-state index in [1.54, 1.807) is 0 Å². The molecular weight excluding hydrogens is 161 g/mol. The third-order valence-corrected chi connectivity index (χ3v) is 0.583. The second-order valence-corrected chi connectivity index (χ2v) is 1.87. The van der Waals surface area contributed by atoms with Gasteiger partial charge in [-0.05, 0) is 13.8 Å². The van der Waals surface area contributed by atoms with Crippen molar-refractivity contribution in [2.75, 3.05) is 0 Å². The van der Waals surface area contributed by atoms with Crippen LogP contribution < -0.4 is 0 Å². The molecule has 0 spiro atoms. The number of rotatable bonds is 1. The van der Waals surface area contributed by atoms with E-state index in [2.05, 4.69) is 25.7 Å². The van der Waals surface area contributed by atoms with Crippen LogP contribution in [0.15, 0.2) is 0 Å². The average Bonchev–Trinajstić information content (AvgIpc) is 2.06. The highest BCUT2D eigenvalue weighted by molar-refractivity contribution is 6.99. The lowest BCUT2D eigenvalue weighted by atomic mass is 9.43. The molecule has 0 aliphatic rings. The quantitative estimate of drug-likeness (QED) is 0.333. The molecule has 0 rings (SSSR count). The molecule has 0 aromatic heterocycles. The van der Waals surface area contributed by atoms with E-state index in [1.165, 1.54) is 6.42 Å². The molecule has 0 N–H and O–H groups in total. The van der Waals surface area contributed by atoms with Gasteiger partial charge in [0.05, 0.1) is 14.3 Å².